The van der Waals surface area contributed by atoms with Crippen molar-refractivity contribution in [2.24, 2.45) is 0 Å². The first-order valence-electron chi connectivity index (χ1n) is 5.76. The van der Waals surface area contributed by atoms with Gasteiger partial charge in [-0.2, -0.15) is 0 Å². The number of ether oxygens (including phenoxy) is 1. The summed E-state index contributed by atoms with van der Waals surface area (Å²) in [6, 6.07) is 3.24. The minimum atomic E-state index is -0.261. The van der Waals surface area contributed by atoms with Crippen LogP contribution in [-0.4, -0.2) is 44.2 Å². The molecule has 1 unspecified atom stereocenters. The molecule has 0 spiro atoms. The van der Waals surface area contributed by atoms with Crippen molar-refractivity contribution in [1.82, 2.24) is 4.98 Å². The van der Waals surface area contributed by atoms with Gasteiger partial charge in [-0.15, -0.1) is 0 Å². The number of hydrogen-bond acceptors (Lipinski definition) is 4. The molecule has 0 fully saturated rings. The lowest BCUT2D eigenvalue weighted by Crippen LogP contribution is -2.52. The molecule has 0 N–H and O–H groups in total. The summed E-state index contributed by atoms with van der Waals surface area (Å²) in [5, 5.41) is 0.422. The molecule has 0 aromatic carbocycles. The highest BCUT2D eigenvalue weighted by Crippen LogP contribution is 2.34. The molecule has 1 aromatic rings. The van der Waals surface area contributed by atoms with E-state index in [0.717, 1.165) is 11.5 Å². The molecule has 5 nitrogen and oxygen atoms in total. The van der Waals surface area contributed by atoms with E-state index >= 15 is 0 Å². The van der Waals surface area contributed by atoms with E-state index in [1.54, 1.807) is 25.1 Å². The highest BCUT2D eigenvalue weighted by Gasteiger charge is 2.34. The van der Waals surface area contributed by atoms with Gasteiger partial charge >= 0.3 is 0 Å². The topological polar surface area (TPSA) is 45.7 Å². The van der Waals surface area contributed by atoms with Crippen LogP contribution < -0.4 is 9.80 Å². The molecule has 0 radical (unpaired) electrons. The van der Waals surface area contributed by atoms with Gasteiger partial charge < -0.3 is 14.5 Å². The van der Waals surface area contributed by atoms with Crippen LogP contribution in [0.4, 0.5) is 11.5 Å². The standard InChI is InChI=1S/C12H16ClN3O2/c1-8-12(17)15(2)9-4-5-10(13)14-11(9)16(8)6-7-18-3/h4-5,8H,6-7H2,1-3H3. The summed E-state index contributed by atoms with van der Waals surface area (Å²) in [5.41, 5.74) is 0.776. The third-order valence-corrected chi connectivity index (χ3v) is 3.36. The van der Waals surface area contributed by atoms with Gasteiger partial charge in [0.25, 0.3) is 0 Å². The average molecular weight is 270 g/mol. The lowest BCUT2D eigenvalue weighted by atomic mass is 10.1. The molecule has 2 rings (SSSR count). The van der Waals surface area contributed by atoms with E-state index in [9.17, 15) is 4.79 Å². The van der Waals surface area contributed by atoms with Gasteiger partial charge in [-0.3, -0.25) is 4.79 Å². The molecule has 6 heteroatoms. The third-order valence-electron chi connectivity index (χ3n) is 3.15. The van der Waals surface area contributed by atoms with E-state index in [1.807, 2.05) is 17.9 Å². The highest BCUT2D eigenvalue weighted by atomic mass is 35.5. The number of hydrogen-bond donors (Lipinski definition) is 0. The Bertz CT molecular complexity index is 467. The normalized spacial score (nSPS) is 19.1. The zero-order valence-corrected chi connectivity index (χ0v) is 11.4. The van der Waals surface area contributed by atoms with Gasteiger partial charge in [0.1, 0.15) is 11.2 Å². The number of rotatable bonds is 3. The monoisotopic (exact) mass is 269 g/mol. The van der Waals surface area contributed by atoms with Crippen molar-refractivity contribution in [3.05, 3.63) is 17.3 Å². The Balaban J connectivity index is 2.44. The molecule has 98 valence electrons. The van der Waals surface area contributed by atoms with E-state index in [-0.39, 0.29) is 11.9 Å². The maximum atomic E-state index is 12.1. The Morgan fingerprint density at radius 1 is 1.50 bits per heavy atom. The second-order valence-corrected chi connectivity index (χ2v) is 4.62. The van der Waals surface area contributed by atoms with Crippen LogP contribution in [0.3, 0.4) is 0 Å². The fourth-order valence-electron chi connectivity index (χ4n) is 2.10. The first-order chi connectivity index (χ1) is 8.56. The SMILES string of the molecule is COCCN1c2nc(Cl)ccc2N(C)C(=O)C1C. The van der Waals surface area contributed by atoms with E-state index in [0.29, 0.717) is 18.3 Å². The van der Waals surface area contributed by atoms with Crippen molar-refractivity contribution < 1.29 is 9.53 Å². The number of likely N-dealkylation sites (N-methyl/N-ethyl adjacent to an activating group) is 1. The van der Waals surface area contributed by atoms with Crippen LogP contribution in [-0.2, 0) is 9.53 Å². The van der Waals surface area contributed by atoms with Gasteiger partial charge in [-0.25, -0.2) is 4.98 Å². The molecule has 18 heavy (non-hydrogen) atoms. The molecule has 1 aliphatic rings. The lowest BCUT2D eigenvalue weighted by molar-refractivity contribution is -0.119. The molecule has 0 bridgehead atoms. The number of carbonyl (C=O) groups excluding carboxylic acids is 1. The molecule has 1 aliphatic heterocycles. The largest absolute Gasteiger partial charge is 0.383 e. The number of amides is 1. The molecule has 0 saturated heterocycles. The molecule has 1 aromatic heterocycles. The zero-order valence-electron chi connectivity index (χ0n) is 10.7. The van der Waals surface area contributed by atoms with E-state index in [4.69, 9.17) is 16.3 Å². The summed E-state index contributed by atoms with van der Waals surface area (Å²) in [6.45, 7) is 3.01. The van der Waals surface area contributed by atoms with Crippen LogP contribution in [0.15, 0.2) is 12.1 Å². The van der Waals surface area contributed by atoms with Crippen molar-refractivity contribution >= 4 is 29.0 Å². The smallest absolute Gasteiger partial charge is 0.249 e. The minimum Gasteiger partial charge on any atom is -0.383 e. The summed E-state index contributed by atoms with van der Waals surface area (Å²) < 4.78 is 5.07. The Morgan fingerprint density at radius 3 is 2.89 bits per heavy atom. The molecular formula is C12H16ClN3O2. The van der Waals surface area contributed by atoms with Crippen LogP contribution in [0.5, 0.6) is 0 Å². The van der Waals surface area contributed by atoms with E-state index in [2.05, 4.69) is 4.98 Å². The van der Waals surface area contributed by atoms with E-state index in [1.165, 1.54) is 0 Å². The number of nitrogens with zero attached hydrogens (tertiary/aromatic N) is 3. The first kappa shape index (κ1) is 13.1. The molecule has 1 atom stereocenters. The fourth-order valence-corrected chi connectivity index (χ4v) is 2.24. The number of carbonyl (C=O) groups is 1. The number of anilines is 2. The third kappa shape index (κ3) is 2.15. The van der Waals surface area contributed by atoms with Gasteiger partial charge in [-0.1, -0.05) is 11.6 Å². The fraction of sp³-hybridized carbons (Fsp3) is 0.500. The quantitative estimate of drug-likeness (QED) is 0.781. The van der Waals surface area contributed by atoms with Gasteiger partial charge in [0.05, 0.1) is 12.3 Å². The number of pyridine rings is 1. The summed E-state index contributed by atoms with van der Waals surface area (Å²) >= 11 is 5.94. The predicted octanol–water partition coefficient (Wildman–Crippen LogP) is 1.55. The highest BCUT2D eigenvalue weighted by molar-refractivity contribution is 6.29. The average Bonchev–Trinajstić information content (AvgIpc) is 2.36. The second kappa shape index (κ2) is 5.12. The lowest BCUT2D eigenvalue weighted by Gasteiger charge is -2.39. The van der Waals surface area contributed by atoms with Gasteiger partial charge in [0.15, 0.2) is 5.82 Å². The maximum Gasteiger partial charge on any atom is 0.249 e. The van der Waals surface area contributed by atoms with Gasteiger partial charge in [-0.05, 0) is 19.1 Å². The van der Waals surface area contributed by atoms with E-state index < -0.39 is 0 Å². The van der Waals surface area contributed by atoms with Gasteiger partial charge in [0, 0.05) is 20.7 Å². The number of halogens is 1. The predicted molar refractivity (Wildman–Crippen MR) is 71.3 cm³/mol. The van der Waals surface area contributed by atoms with Crippen molar-refractivity contribution in [2.45, 2.75) is 13.0 Å². The maximum absolute atomic E-state index is 12.1. The van der Waals surface area contributed by atoms with Crippen LogP contribution >= 0.6 is 11.6 Å². The minimum absolute atomic E-state index is 0.0442. The van der Waals surface area contributed by atoms with Crippen molar-refractivity contribution in [2.75, 3.05) is 37.1 Å². The Labute approximate surface area is 111 Å². The molecule has 0 saturated carbocycles. The van der Waals surface area contributed by atoms with Crippen LogP contribution in [0.1, 0.15) is 6.92 Å². The summed E-state index contributed by atoms with van der Waals surface area (Å²) in [5.74, 6) is 0.775. The summed E-state index contributed by atoms with van der Waals surface area (Å²) in [7, 11) is 3.38. The zero-order chi connectivity index (χ0) is 13.3. The van der Waals surface area contributed by atoms with Crippen molar-refractivity contribution in [1.29, 1.82) is 0 Å². The first-order valence-corrected chi connectivity index (χ1v) is 6.13. The van der Waals surface area contributed by atoms with Crippen LogP contribution in [0, 0.1) is 0 Å². The summed E-state index contributed by atoms with van der Waals surface area (Å²) in [4.78, 5) is 20.0. The molecule has 1 amide bonds. The number of fused-ring (bicyclic) bond motifs is 1. The second-order valence-electron chi connectivity index (χ2n) is 4.24. The Morgan fingerprint density at radius 2 is 2.22 bits per heavy atom. The summed E-state index contributed by atoms with van der Waals surface area (Å²) in [6.07, 6.45) is 0. The molecule has 0 aliphatic carbocycles. The molecular weight excluding hydrogens is 254 g/mol. The van der Waals surface area contributed by atoms with Crippen molar-refractivity contribution in [3.8, 4) is 0 Å². The van der Waals surface area contributed by atoms with Crippen molar-refractivity contribution in [3.63, 3.8) is 0 Å². The Kier molecular flexibility index (Phi) is 3.73. The van der Waals surface area contributed by atoms with Gasteiger partial charge in [0.2, 0.25) is 5.91 Å². The number of aromatic nitrogens is 1. The van der Waals surface area contributed by atoms with Crippen LogP contribution in [0.2, 0.25) is 5.15 Å². The Hall–Kier alpha value is -1.33. The number of methoxy groups -OCH3 is 1. The van der Waals surface area contributed by atoms with Crippen LogP contribution in [0.25, 0.3) is 0 Å². The molecule has 2 heterocycles.